The number of furan rings is 1. The summed E-state index contributed by atoms with van der Waals surface area (Å²) in [4.78, 5) is 4.89. The van der Waals surface area contributed by atoms with Gasteiger partial charge in [0.25, 0.3) is 0 Å². The third-order valence-electron chi connectivity index (χ3n) is 4.97. The van der Waals surface area contributed by atoms with Gasteiger partial charge in [-0.25, -0.2) is 0 Å². The Bertz CT molecular complexity index is 709. The van der Waals surface area contributed by atoms with E-state index < -0.39 is 0 Å². The molecule has 1 fully saturated rings. The lowest BCUT2D eigenvalue weighted by Gasteiger charge is -2.34. The van der Waals surface area contributed by atoms with Crippen LogP contribution in [0.5, 0.6) is 17.2 Å². The van der Waals surface area contributed by atoms with E-state index >= 15 is 0 Å². The molecule has 0 unspecified atom stereocenters. The minimum Gasteiger partial charge on any atom is -0.496 e. The first-order valence-electron chi connectivity index (χ1n) is 9.25. The summed E-state index contributed by atoms with van der Waals surface area (Å²) in [6, 6.07) is 8.02. The highest BCUT2D eigenvalue weighted by molar-refractivity contribution is 5.51. The largest absolute Gasteiger partial charge is 0.496 e. The molecule has 4 rings (SSSR count). The zero-order chi connectivity index (χ0) is 17.8. The third kappa shape index (κ3) is 3.97. The van der Waals surface area contributed by atoms with Crippen LogP contribution in [-0.4, -0.2) is 56.3 Å². The second-order valence-electron chi connectivity index (χ2n) is 6.79. The van der Waals surface area contributed by atoms with E-state index in [1.807, 2.05) is 18.2 Å². The number of rotatable bonds is 5. The van der Waals surface area contributed by atoms with E-state index in [1.54, 1.807) is 13.4 Å². The fourth-order valence-corrected chi connectivity index (χ4v) is 3.52. The quantitative estimate of drug-likeness (QED) is 0.819. The SMILES string of the molecule is COc1cc2c(cc1CN1CCN(Cc3ccco3)CC1)OCCCO2. The normalized spacial score (nSPS) is 18.5. The number of hydrogen-bond acceptors (Lipinski definition) is 6. The molecule has 0 spiro atoms. The van der Waals surface area contributed by atoms with Crippen LogP contribution in [0.25, 0.3) is 0 Å². The van der Waals surface area contributed by atoms with Crippen LogP contribution in [0.15, 0.2) is 34.9 Å². The summed E-state index contributed by atoms with van der Waals surface area (Å²) >= 11 is 0. The second-order valence-corrected chi connectivity index (χ2v) is 6.79. The van der Waals surface area contributed by atoms with E-state index in [0.717, 1.165) is 74.3 Å². The van der Waals surface area contributed by atoms with Gasteiger partial charge in [0, 0.05) is 50.8 Å². The molecule has 140 valence electrons. The van der Waals surface area contributed by atoms with Crippen molar-refractivity contribution in [2.75, 3.05) is 46.5 Å². The molecule has 1 aromatic carbocycles. The lowest BCUT2D eigenvalue weighted by molar-refractivity contribution is 0.115. The Labute approximate surface area is 154 Å². The van der Waals surface area contributed by atoms with E-state index in [4.69, 9.17) is 18.6 Å². The summed E-state index contributed by atoms with van der Waals surface area (Å²) in [6.45, 7) is 7.25. The first-order valence-corrected chi connectivity index (χ1v) is 9.25. The van der Waals surface area contributed by atoms with Gasteiger partial charge in [-0.3, -0.25) is 9.80 Å². The van der Waals surface area contributed by atoms with Gasteiger partial charge in [0.1, 0.15) is 11.5 Å². The van der Waals surface area contributed by atoms with Gasteiger partial charge in [0.2, 0.25) is 0 Å². The highest BCUT2D eigenvalue weighted by atomic mass is 16.5. The van der Waals surface area contributed by atoms with Gasteiger partial charge in [-0.15, -0.1) is 0 Å². The maximum absolute atomic E-state index is 5.84. The molecule has 6 nitrogen and oxygen atoms in total. The fourth-order valence-electron chi connectivity index (χ4n) is 3.52. The molecule has 0 aliphatic carbocycles. The minimum absolute atomic E-state index is 0.688. The van der Waals surface area contributed by atoms with Crippen LogP contribution in [0.1, 0.15) is 17.7 Å². The zero-order valence-electron chi connectivity index (χ0n) is 15.3. The van der Waals surface area contributed by atoms with Crippen LogP contribution in [0.2, 0.25) is 0 Å². The Morgan fingerprint density at radius 2 is 1.65 bits per heavy atom. The Morgan fingerprint density at radius 3 is 2.31 bits per heavy atom. The van der Waals surface area contributed by atoms with Gasteiger partial charge < -0.3 is 18.6 Å². The molecule has 0 radical (unpaired) electrons. The summed E-state index contributed by atoms with van der Waals surface area (Å²) < 4.78 is 22.7. The van der Waals surface area contributed by atoms with Crippen LogP contribution < -0.4 is 14.2 Å². The molecule has 1 saturated heterocycles. The third-order valence-corrected chi connectivity index (χ3v) is 4.97. The maximum atomic E-state index is 5.84. The molecule has 0 atom stereocenters. The van der Waals surface area contributed by atoms with Crippen molar-refractivity contribution in [3.8, 4) is 17.2 Å². The smallest absolute Gasteiger partial charge is 0.164 e. The number of methoxy groups -OCH3 is 1. The molecule has 3 heterocycles. The molecule has 0 amide bonds. The first-order chi connectivity index (χ1) is 12.8. The van der Waals surface area contributed by atoms with Crippen LogP contribution in [0, 0.1) is 0 Å². The summed E-state index contributed by atoms with van der Waals surface area (Å²) in [5.74, 6) is 3.51. The van der Waals surface area contributed by atoms with Gasteiger partial charge in [-0.2, -0.15) is 0 Å². The van der Waals surface area contributed by atoms with Crippen molar-refractivity contribution in [2.45, 2.75) is 19.5 Å². The molecule has 0 N–H and O–H groups in total. The van der Waals surface area contributed by atoms with E-state index in [2.05, 4.69) is 15.9 Å². The Kier molecular flexibility index (Phi) is 5.32. The summed E-state index contributed by atoms with van der Waals surface area (Å²) in [7, 11) is 1.71. The molecule has 2 aliphatic rings. The maximum Gasteiger partial charge on any atom is 0.164 e. The van der Waals surface area contributed by atoms with Crippen molar-refractivity contribution in [1.82, 2.24) is 9.80 Å². The van der Waals surface area contributed by atoms with Gasteiger partial charge >= 0.3 is 0 Å². The fraction of sp³-hybridized carbons (Fsp3) is 0.500. The van der Waals surface area contributed by atoms with E-state index in [9.17, 15) is 0 Å². The van der Waals surface area contributed by atoms with E-state index in [1.165, 1.54) is 0 Å². The molecule has 2 aromatic rings. The lowest BCUT2D eigenvalue weighted by atomic mass is 10.1. The van der Waals surface area contributed by atoms with Crippen molar-refractivity contribution in [1.29, 1.82) is 0 Å². The molecule has 0 saturated carbocycles. The molecule has 6 heteroatoms. The Balaban J connectivity index is 1.39. The second kappa shape index (κ2) is 8.01. The number of hydrogen-bond donors (Lipinski definition) is 0. The van der Waals surface area contributed by atoms with Crippen molar-refractivity contribution < 1.29 is 18.6 Å². The number of nitrogens with zero attached hydrogens (tertiary/aromatic N) is 2. The number of benzene rings is 1. The summed E-state index contributed by atoms with van der Waals surface area (Å²) in [5, 5.41) is 0. The van der Waals surface area contributed by atoms with E-state index in [0.29, 0.717) is 13.2 Å². The van der Waals surface area contributed by atoms with Crippen LogP contribution in [0.3, 0.4) is 0 Å². The standard InChI is InChI=1S/C20H26N2O4/c1-23-18-13-20-19(25-10-3-11-26-20)12-16(18)14-21-5-7-22(8-6-21)15-17-4-2-9-24-17/h2,4,9,12-13H,3,5-8,10-11,14-15H2,1H3. The molecular weight excluding hydrogens is 332 g/mol. The van der Waals surface area contributed by atoms with Crippen LogP contribution in [0.4, 0.5) is 0 Å². The molecule has 1 aromatic heterocycles. The van der Waals surface area contributed by atoms with E-state index in [-0.39, 0.29) is 0 Å². The van der Waals surface area contributed by atoms with Gasteiger partial charge in [-0.1, -0.05) is 0 Å². The molecule has 2 aliphatic heterocycles. The number of piperazine rings is 1. The lowest BCUT2D eigenvalue weighted by Crippen LogP contribution is -2.45. The molecular formula is C20H26N2O4. The minimum atomic E-state index is 0.688. The molecule has 26 heavy (non-hydrogen) atoms. The Hall–Kier alpha value is -2.18. The van der Waals surface area contributed by atoms with Crippen molar-refractivity contribution in [3.63, 3.8) is 0 Å². The number of ether oxygens (including phenoxy) is 3. The monoisotopic (exact) mass is 358 g/mol. The predicted octanol–water partition coefficient (Wildman–Crippen LogP) is 2.77. The van der Waals surface area contributed by atoms with Crippen LogP contribution in [-0.2, 0) is 13.1 Å². The topological polar surface area (TPSA) is 47.3 Å². The average Bonchev–Trinajstić information content (AvgIpc) is 3.06. The summed E-state index contributed by atoms with van der Waals surface area (Å²) in [6.07, 6.45) is 2.64. The molecule has 0 bridgehead atoms. The first kappa shape index (κ1) is 17.2. The van der Waals surface area contributed by atoms with Crippen molar-refractivity contribution >= 4 is 0 Å². The van der Waals surface area contributed by atoms with Crippen LogP contribution >= 0.6 is 0 Å². The van der Waals surface area contributed by atoms with Gasteiger partial charge in [-0.05, 0) is 18.2 Å². The van der Waals surface area contributed by atoms with Gasteiger partial charge in [0.15, 0.2) is 11.5 Å². The Morgan fingerprint density at radius 1 is 0.962 bits per heavy atom. The zero-order valence-corrected chi connectivity index (χ0v) is 15.3. The van der Waals surface area contributed by atoms with Crippen molar-refractivity contribution in [3.05, 3.63) is 41.9 Å². The highest BCUT2D eigenvalue weighted by Crippen LogP contribution is 2.37. The average molecular weight is 358 g/mol. The van der Waals surface area contributed by atoms with Crippen molar-refractivity contribution in [2.24, 2.45) is 0 Å². The predicted molar refractivity (Wildman–Crippen MR) is 97.9 cm³/mol. The number of fused-ring (bicyclic) bond motifs is 1. The summed E-state index contributed by atoms with van der Waals surface area (Å²) in [5.41, 5.74) is 1.15. The highest BCUT2D eigenvalue weighted by Gasteiger charge is 2.21. The van der Waals surface area contributed by atoms with Gasteiger partial charge in [0.05, 0.1) is 33.1 Å².